The molecule has 6 nitrogen and oxygen atoms in total. The number of benzene rings is 2. The van der Waals surface area contributed by atoms with E-state index in [1.54, 1.807) is 24.3 Å². The van der Waals surface area contributed by atoms with Crippen molar-refractivity contribution in [3.63, 3.8) is 0 Å². The molecule has 2 aliphatic rings. The molecule has 0 aromatic heterocycles. The van der Waals surface area contributed by atoms with Crippen LogP contribution in [0.2, 0.25) is 0 Å². The summed E-state index contributed by atoms with van der Waals surface area (Å²) in [5.74, 6) is -0.605. The summed E-state index contributed by atoms with van der Waals surface area (Å²) < 4.78 is 46.4. The molecule has 0 saturated carbocycles. The zero-order valence-corrected chi connectivity index (χ0v) is 17.6. The maximum absolute atomic E-state index is 13.4. The normalized spacial score (nSPS) is 22.4. The van der Waals surface area contributed by atoms with E-state index < -0.39 is 15.9 Å². The summed E-state index contributed by atoms with van der Waals surface area (Å²) in [4.78, 5) is 15.2. The fourth-order valence-corrected chi connectivity index (χ4v) is 5.82. The third kappa shape index (κ3) is 3.94. The second kappa shape index (κ2) is 8.35. The number of hydrogen-bond acceptors (Lipinski definition) is 4. The van der Waals surface area contributed by atoms with Crippen LogP contribution in [0.1, 0.15) is 24.3 Å². The molecule has 0 aliphatic carbocycles. The van der Waals surface area contributed by atoms with E-state index in [0.717, 1.165) is 18.4 Å². The molecule has 2 heterocycles. The molecule has 2 aliphatic heterocycles. The summed E-state index contributed by atoms with van der Waals surface area (Å²) in [7, 11) is -2.25. The number of methoxy groups -OCH3 is 1. The minimum Gasteiger partial charge on any atom is -0.497 e. The number of hydrogen-bond donors (Lipinski definition) is 0. The summed E-state index contributed by atoms with van der Waals surface area (Å²) in [5.41, 5.74) is 0.779. The van der Waals surface area contributed by atoms with Crippen molar-refractivity contribution in [2.45, 2.75) is 23.7 Å². The lowest BCUT2D eigenvalue weighted by Crippen LogP contribution is -2.37. The monoisotopic (exact) mass is 432 g/mol. The van der Waals surface area contributed by atoms with E-state index in [2.05, 4.69) is 0 Å². The van der Waals surface area contributed by atoms with Crippen LogP contribution in [0.3, 0.4) is 0 Å². The second-order valence-corrected chi connectivity index (χ2v) is 9.73. The Morgan fingerprint density at radius 2 is 1.63 bits per heavy atom. The Labute approximate surface area is 176 Å². The Hall–Kier alpha value is -2.45. The first kappa shape index (κ1) is 20.8. The van der Waals surface area contributed by atoms with Crippen molar-refractivity contribution in [3.8, 4) is 5.75 Å². The Bertz CT molecular complexity index is 1000. The second-order valence-electron chi connectivity index (χ2n) is 7.79. The molecule has 0 spiro atoms. The predicted octanol–water partition coefficient (Wildman–Crippen LogP) is 2.86. The van der Waals surface area contributed by atoms with Crippen LogP contribution in [0, 0.1) is 11.7 Å². The number of carbonyl (C=O) groups is 1. The van der Waals surface area contributed by atoms with Gasteiger partial charge in [0.05, 0.1) is 17.9 Å². The van der Waals surface area contributed by atoms with E-state index in [-0.39, 0.29) is 35.6 Å². The summed E-state index contributed by atoms with van der Waals surface area (Å²) in [6.45, 7) is 1.71. The van der Waals surface area contributed by atoms with Gasteiger partial charge < -0.3 is 9.64 Å². The van der Waals surface area contributed by atoms with Crippen molar-refractivity contribution >= 4 is 15.9 Å². The molecule has 4 rings (SSSR count). The largest absolute Gasteiger partial charge is 0.497 e. The van der Waals surface area contributed by atoms with Crippen LogP contribution in [0.25, 0.3) is 0 Å². The summed E-state index contributed by atoms with van der Waals surface area (Å²) in [6, 6.07) is 12.2. The maximum atomic E-state index is 13.4. The van der Waals surface area contributed by atoms with Gasteiger partial charge in [-0.1, -0.05) is 12.1 Å². The van der Waals surface area contributed by atoms with Crippen LogP contribution >= 0.6 is 0 Å². The minimum absolute atomic E-state index is 0.0192. The van der Waals surface area contributed by atoms with E-state index in [1.165, 1.54) is 35.7 Å². The molecule has 2 saturated heterocycles. The number of likely N-dealkylation sites (tertiary alicyclic amines) is 1. The lowest BCUT2D eigenvalue weighted by Gasteiger charge is -2.24. The smallest absolute Gasteiger partial charge is 0.243 e. The standard InChI is InChI=1S/C22H25FN2O4S/c1-29-18-8-10-19(11-9-18)30(27,28)25-14-20(16-4-6-17(23)7-5-16)21(15-25)22(26)24-12-2-3-13-24/h4-11,20-21H,2-3,12-15H2,1H3/t20-,21-/m1/s1. The van der Waals surface area contributed by atoms with Crippen LogP contribution in [0.15, 0.2) is 53.4 Å². The highest BCUT2D eigenvalue weighted by atomic mass is 32.2. The summed E-state index contributed by atoms with van der Waals surface area (Å²) >= 11 is 0. The van der Waals surface area contributed by atoms with Gasteiger partial charge in [0.1, 0.15) is 11.6 Å². The van der Waals surface area contributed by atoms with Crippen LogP contribution < -0.4 is 4.74 Å². The van der Waals surface area contributed by atoms with Crippen LogP contribution in [0.5, 0.6) is 5.75 Å². The first-order valence-corrected chi connectivity index (χ1v) is 11.5. The van der Waals surface area contributed by atoms with Gasteiger partial charge in [0, 0.05) is 32.1 Å². The topological polar surface area (TPSA) is 66.9 Å². The van der Waals surface area contributed by atoms with Gasteiger partial charge in [-0.05, 0) is 54.8 Å². The van der Waals surface area contributed by atoms with Crippen LogP contribution in [0.4, 0.5) is 4.39 Å². The zero-order valence-electron chi connectivity index (χ0n) is 16.8. The molecule has 0 bridgehead atoms. The van der Waals surface area contributed by atoms with E-state index in [0.29, 0.717) is 18.8 Å². The fourth-order valence-electron chi connectivity index (χ4n) is 4.33. The van der Waals surface area contributed by atoms with Gasteiger partial charge in [-0.3, -0.25) is 4.79 Å². The van der Waals surface area contributed by atoms with Gasteiger partial charge in [0.15, 0.2) is 0 Å². The average Bonchev–Trinajstić information content (AvgIpc) is 3.44. The molecule has 2 fully saturated rings. The molecule has 1 amide bonds. The number of nitrogens with zero attached hydrogens (tertiary/aromatic N) is 2. The number of ether oxygens (including phenoxy) is 1. The molecule has 2 atom stereocenters. The number of carbonyl (C=O) groups excluding carboxylic acids is 1. The first-order valence-electron chi connectivity index (χ1n) is 10.1. The van der Waals surface area contributed by atoms with Gasteiger partial charge in [-0.15, -0.1) is 0 Å². The van der Waals surface area contributed by atoms with Crippen LogP contribution in [-0.2, 0) is 14.8 Å². The number of halogens is 1. The van der Waals surface area contributed by atoms with Crippen molar-refractivity contribution in [3.05, 3.63) is 59.9 Å². The third-order valence-electron chi connectivity index (χ3n) is 6.02. The molecule has 0 unspecified atom stereocenters. The maximum Gasteiger partial charge on any atom is 0.243 e. The first-order chi connectivity index (χ1) is 14.4. The average molecular weight is 433 g/mol. The van der Waals surface area contributed by atoms with E-state index in [1.807, 2.05) is 4.90 Å². The molecule has 2 aromatic rings. The molecule has 0 radical (unpaired) electrons. The Morgan fingerprint density at radius 1 is 1.00 bits per heavy atom. The van der Waals surface area contributed by atoms with Crippen molar-refractivity contribution in [2.75, 3.05) is 33.3 Å². The summed E-state index contributed by atoms with van der Waals surface area (Å²) in [6.07, 6.45) is 1.93. The Morgan fingerprint density at radius 3 is 2.23 bits per heavy atom. The molecule has 2 aromatic carbocycles. The van der Waals surface area contributed by atoms with Crippen molar-refractivity contribution in [2.24, 2.45) is 5.92 Å². The van der Waals surface area contributed by atoms with Crippen molar-refractivity contribution < 1.29 is 22.3 Å². The highest BCUT2D eigenvalue weighted by Gasteiger charge is 2.45. The van der Waals surface area contributed by atoms with Gasteiger partial charge in [0.2, 0.25) is 15.9 Å². The van der Waals surface area contributed by atoms with Gasteiger partial charge >= 0.3 is 0 Å². The molecule has 30 heavy (non-hydrogen) atoms. The van der Waals surface area contributed by atoms with Crippen molar-refractivity contribution in [1.82, 2.24) is 9.21 Å². The molecular weight excluding hydrogens is 407 g/mol. The lowest BCUT2D eigenvalue weighted by molar-refractivity contribution is -0.134. The van der Waals surface area contributed by atoms with Gasteiger partial charge in [-0.2, -0.15) is 4.31 Å². The lowest BCUT2D eigenvalue weighted by atomic mass is 9.88. The number of rotatable bonds is 5. The van der Waals surface area contributed by atoms with E-state index >= 15 is 0 Å². The third-order valence-corrected chi connectivity index (χ3v) is 7.86. The molecular formula is C22H25FN2O4S. The van der Waals surface area contributed by atoms with E-state index in [4.69, 9.17) is 4.74 Å². The fraction of sp³-hybridized carbons (Fsp3) is 0.409. The predicted molar refractivity (Wildman–Crippen MR) is 110 cm³/mol. The number of amides is 1. The molecule has 0 N–H and O–H groups in total. The highest BCUT2D eigenvalue weighted by molar-refractivity contribution is 7.89. The highest BCUT2D eigenvalue weighted by Crippen LogP contribution is 2.37. The quantitative estimate of drug-likeness (QED) is 0.729. The van der Waals surface area contributed by atoms with Crippen molar-refractivity contribution in [1.29, 1.82) is 0 Å². The van der Waals surface area contributed by atoms with E-state index in [9.17, 15) is 17.6 Å². The Kier molecular flexibility index (Phi) is 5.79. The number of sulfonamides is 1. The van der Waals surface area contributed by atoms with Crippen LogP contribution in [-0.4, -0.2) is 56.8 Å². The summed E-state index contributed by atoms with van der Waals surface area (Å²) in [5, 5.41) is 0. The SMILES string of the molecule is COc1ccc(S(=O)(=O)N2C[C@H](c3ccc(F)cc3)[C@H](C(=O)N3CCCC3)C2)cc1. The van der Waals surface area contributed by atoms with Gasteiger partial charge in [0.25, 0.3) is 0 Å². The Balaban J connectivity index is 1.64. The molecule has 160 valence electrons. The minimum atomic E-state index is -3.77. The molecule has 8 heteroatoms. The zero-order chi connectivity index (χ0) is 21.3. The van der Waals surface area contributed by atoms with Gasteiger partial charge in [-0.25, -0.2) is 12.8 Å².